The maximum Gasteiger partial charge on any atom is 0.234 e. The van der Waals surface area contributed by atoms with Crippen molar-refractivity contribution in [3.05, 3.63) is 59.4 Å². The van der Waals surface area contributed by atoms with Gasteiger partial charge in [-0.05, 0) is 56.2 Å². The van der Waals surface area contributed by atoms with E-state index in [1.165, 1.54) is 11.8 Å². The first-order valence-electron chi connectivity index (χ1n) is 10.1. The van der Waals surface area contributed by atoms with Gasteiger partial charge in [-0.15, -0.1) is 11.8 Å². The molecule has 3 heterocycles. The molecule has 8 heteroatoms. The molecule has 2 amide bonds. The van der Waals surface area contributed by atoms with E-state index in [0.29, 0.717) is 24.3 Å². The van der Waals surface area contributed by atoms with Crippen molar-refractivity contribution in [1.82, 2.24) is 14.6 Å². The Morgan fingerprint density at radius 1 is 1.23 bits per heavy atom. The summed E-state index contributed by atoms with van der Waals surface area (Å²) in [7, 11) is 0. The number of nitrogens with zero attached hydrogens (tertiary/aromatic N) is 3. The number of fused-ring (bicyclic) bond motifs is 4. The van der Waals surface area contributed by atoms with Crippen molar-refractivity contribution in [2.24, 2.45) is 0 Å². The number of hydrogen-bond donors (Lipinski definition) is 2. The van der Waals surface area contributed by atoms with Crippen LogP contribution in [0.25, 0.3) is 16.6 Å². The van der Waals surface area contributed by atoms with Gasteiger partial charge in [0.2, 0.25) is 11.8 Å². The van der Waals surface area contributed by atoms with E-state index in [1.807, 2.05) is 54.8 Å². The Hall–Kier alpha value is -3.39. The van der Waals surface area contributed by atoms with Crippen molar-refractivity contribution in [1.29, 1.82) is 0 Å². The third kappa shape index (κ3) is 3.63. The van der Waals surface area contributed by atoms with Gasteiger partial charge in [-0.3, -0.25) is 9.59 Å². The third-order valence-electron chi connectivity index (χ3n) is 5.52. The number of thioether (sulfide) groups is 1. The number of hydrogen-bond acceptors (Lipinski definition) is 5. The lowest BCUT2D eigenvalue weighted by atomic mass is 10.1. The van der Waals surface area contributed by atoms with Crippen LogP contribution < -0.4 is 10.6 Å². The van der Waals surface area contributed by atoms with Crippen LogP contribution in [0.3, 0.4) is 0 Å². The van der Waals surface area contributed by atoms with Crippen LogP contribution in [0.1, 0.15) is 23.4 Å². The van der Waals surface area contributed by atoms with Gasteiger partial charge < -0.3 is 10.6 Å². The van der Waals surface area contributed by atoms with Gasteiger partial charge in [0, 0.05) is 33.8 Å². The van der Waals surface area contributed by atoms with Gasteiger partial charge in [0.1, 0.15) is 0 Å². The summed E-state index contributed by atoms with van der Waals surface area (Å²) in [5.74, 6) is 0.307. The Balaban J connectivity index is 1.34. The quantitative estimate of drug-likeness (QED) is 0.508. The standard InChI is InChI=1S/C23H21N5O2S/c1-13-16(14(2)28-23(24-13)17-5-3-4-6-18(17)27-28)8-10-21(29)25-15-7-9-20-19(11-15)26-22(30)12-31-20/h3-7,9,11H,8,10,12H2,1-2H3,(H,25,29)(H,26,30). The number of aromatic nitrogens is 3. The van der Waals surface area contributed by atoms with E-state index in [4.69, 9.17) is 4.98 Å². The highest BCUT2D eigenvalue weighted by molar-refractivity contribution is 8.00. The average molecular weight is 432 g/mol. The number of carbonyl (C=O) groups is 2. The van der Waals surface area contributed by atoms with Gasteiger partial charge in [-0.25, -0.2) is 9.50 Å². The normalized spacial score (nSPS) is 13.3. The summed E-state index contributed by atoms with van der Waals surface area (Å²) in [4.78, 5) is 30.0. The van der Waals surface area contributed by atoms with Crippen LogP contribution >= 0.6 is 11.8 Å². The summed E-state index contributed by atoms with van der Waals surface area (Å²) in [5, 5.41) is 11.5. The summed E-state index contributed by atoms with van der Waals surface area (Å²) in [5.41, 5.74) is 6.11. The Bertz CT molecular complexity index is 1360. The topological polar surface area (TPSA) is 88.4 Å². The van der Waals surface area contributed by atoms with Crippen LogP contribution in [0.4, 0.5) is 11.4 Å². The molecule has 1 aliphatic rings. The second kappa shape index (κ2) is 7.70. The van der Waals surface area contributed by atoms with Gasteiger partial charge in [0.25, 0.3) is 0 Å². The van der Waals surface area contributed by atoms with Gasteiger partial charge in [-0.1, -0.05) is 12.1 Å². The van der Waals surface area contributed by atoms with Crippen LogP contribution in [0, 0.1) is 13.8 Å². The molecule has 0 bridgehead atoms. The molecule has 2 aromatic carbocycles. The maximum absolute atomic E-state index is 12.6. The highest BCUT2D eigenvalue weighted by Gasteiger charge is 2.17. The van der Waals surface area contributed by atoms with Crippen LogP contribution in [-0.2, 0) is 16.0 Å². The minimum atomic E-state index is -0.0840. The number of aryl methyl sites for hydroxylation is 2. The predicted molar refractivity (Wildman–Crippen MR) is 123 cm³/mol. The number of benzene rings is 2. The van der Waals surface area contributed by atoms with Crippen molar-refractivity contribution >= 4 is 51.5 Å². The summed E-state index contributed by atoms with van der Waals surface area (Å²) < 4.78 is 1.87. The summed E-state index contributed by atoms with van der Waals surface area (Å²) in [6.07, 6.45) is 0.897. The molecule has 0 atom stereocenters. The molecule has 2 N–H and O–H groups in total. The van der Waals surface area contributed by atoms with E-state index in [9.17, 15) is 9.59 Å². The number of amides is 2. The molecule has 0 saturated carbocycles. The second-order valence-corrected chi connectivity index (χ2v) is 8.63. The highest BCUT2D eigenvalue weighted by atomic mass is 32.2. The van der Waals surface area contributed by atoms with E-state index in [2.05, 4.69) is 15.7 Å². The van der Waals surface area contributed by atoms with Gasteiger partial charge in [0.05, 0.1) is 17.0 Å². The number of carbonyl (C=O) groups excluding carboxylic acids is 2. The first-order valence-corrected chi connectivity index (χ1v) is 11.1. The van der Waals surface area contributed by atoms with Crippen molar-refractivity contribution in [3.8, 4) is 0 Å². The third-order valence-corrected chi connectivity index (χ3v) is 6.59. The molecular formula is C23H21N5O2S. The van der Waals surface area contributed by atoms with Crippen LogP contribution in [0.5, 0.6) is 0 Å². The van der Waals surface area contributed by atoms with Crippen LogP contribution in [0.15, 0.2) is 47.4 Å². The van der Waals surface area contributed by atoms with Gasteiger partial charge >= 0.3 is 0 Å². The zero-order chi connectivity index (χ0) is 21.5. The molecule has 2 aromatic heterocycles. The van der Waals surface area contributed by atoms with Crippen molar-refractivity contribution in [2.75, 3.05) is 16.4 Å². The molecule has 0 fully saturated rings. The van der Waals surface area contributed by atoms with E-state index in [1.54, 1.807) is 6.07 Å². The Morgan fingerprint density at radius 2 is 2.06 bits per heavy atom. The maximum atomic E-state index is 12.6. The average Bonchev–Trinajstić information content (AvgIpc) is 3.12. The minimum absolute atomic E-state index is 0.0268. The lowest BCUT2D eigenvalue weighted by molar-refractivity contribution is -0.116. The first-order chi connectivity index (χ1) is 15.0. The van der Waals surface area contributed by atoms with E-state index in [-0.39, 0.29) is 11.8 Å². The zero-order valence-electron chi connectivity index (χ0n) is 17.2. The molecule has 156 valence electrons. The summed E-state index contributed by atoms with van der Waals surface area (Å²) in [6.45, 7) is 4.00. The Kier molecular flexibility index (Phi) is 4.86. The largest absolute Gasteiger partial charge is 0.326 e. The minimum Gasteiger partial charge on any atom is -0.326 e. The molecule has 0 unspecified atom stereocenters. The monoisotopic (exact) mass is 431 g/mol. The molecule has 0 spiro atoms. The Labute approximate surface area is 183 Å². The second-order valence-electron chi connectivity index (χ2n) is 7.61. The van der Waals surface area contributed by atoms with Gasteiger partial charge in [0.15, 0.2) is 5.65 Å². The molecule has 4 aromatic rings. The molecular weight excluding hydrogens is 410 g/mol. The van der Waals surface area contributed by atoms with E-state index >= 15 is 0 Å². The zero-order valence-corrected chi connectivity index (χ0v) is 18.0. The highest BCUT2D eigenvalue weighted by Crippen LogP contribution is 2.33. The molecule has 7 nitrogen and oxygen atoms in total. The molecule has 5 rings (SSSR count). The predicted octanol–water partition coefficient (Wildman–Crippen LogP) is 4.11. The lowest BCUT2D eigenvalue weighted by Gasteiger charge is -2.17. The number of anilines is 2. The van der Waals surface area contributed by atoms with E-state index < -0.39 is 0 Å². The first kappa shape index (κ1) is 19.6. The van der Waals surface area contributed by atoms with Crippen LogP contribution in [-0.4, -0.2) is 32.2 Å². The van der Waals surface area contributed by atoms with Gasteiger partial charge in [-0.2, -0.15) is 5.10 Å². The molecule has 31 heavy (non-hydrogen) atoms. The van der Waals surface area contributed by atoms with Crippen molar-refractivity contribution in [2.45, 2.75) is 31.6 Å². The fraction of sp³-hybridized carbons (Fsp3) is 0.217. The molecule has 0 aliphatic carbocycles. The number of nitrogens with one attached hydrogen (secondary N) is 2. The fourth-order valence-electron chi connectivity index (χ4n) is 3.96. The van der Waals surface area contributed by atoms with Crippen molar-refractivity contribution < 1.29 is 9.59 Å². The molecule has 0 saturated heterocycles. The Morgan fingerprint density at radius 3 is 2.94 bits per heavy atom. The fourth-order valence-corrected chi connectivity index (χ4v) is 4.75. The molecule has 1 aliphatic heterocycles. The number of rotatable bonds is 4. The van der Waals surface area contributed by atoms with E-state index in [0.717, 1.165) is 44.1 Å². The SMILES string of the molecule is Cc1nc2c3ccccc3nn2c(C)c1CCC(=O)Nc1ccc2c(c1)NC(=O)CS2. The summed E-state index contributed by atoms with van der Waals surface area (Å²) >= 11 is 1.50. The lowest BCUT2D eigenvalue weighted by Crippen LogP contribution is -2.19. The van der Waals surface area contributed by atoms with Crippen LogP contribution in [0.2, 0.25) is 0 Å². The summed E-state index contributed by atoms with van der Waals surface area (Å²) in [6, 6.07) is 13.5. The smallest absolute Gasteiger partial charge is 0.234 e. The molecule has 0 radical (unpaired) electrons. The van der Waals surface area contributed by atoms with Crippen molar-refractivity contribution in [3.63, 3.8) is 0 Å².